The molecule has 0 saturated carbocycles. The van der Waals surface area contributed by atoms with Crippen molar-refractivity contribution in [1.82, 2.24) is 9.88 Å². The number of nitrogens with one attached hydrogen (secondary N) is 1. The second kappa shape index (κ2) is 5.93. The summed E-state index contributed by atoms with van der Waals surface area (Å²) < 4.78 is 28.3. The van der Waals surface area contributed by atoms with Gasteiger partial charge in [-0.3, -0.25) is 14.9 Å². The van der Waals surface area contributed by atoms with Crippen LogP contribution in [0.3, 0.4) is 0 Å². The molecule has 0 bridgehead atoms. The van der Waals surface area contributed by atoms with Crippen molar-refractivity contribution in [2.75, 3.05) is 6.67 Å². The van der Waals surface area contributed by atoms with Crippen molar-refractivity contribution < 1.29 is 19.8 Å². The van der Waals surface area contributed by atoms with Gasteiger partial charge in [-0.15, -0.1) is 0 Å². The van der Waals surface area contributed by atoms with Crippen LogP contribution in [-0.4, -0.2) is 23.1 Å². The Morgan fingerprint density at radius 2 is 1.96 bits per heavy atom. The van der Waals surface area contributed by atoms with Gasteiger partial charge in [0.1, 0.15) is 12.5 Å². The Balaban J connectivity index is 0.00000196. The lowest BCUT2D eigenvalue weighted by atomic mass is 9.97. The zero-order chi connectivity index (χ0) is 17.6. The van der Waals surface area contributed by atoms with Crippen LogP contribution in [-0.2, 0) is 16.1 Å². The fraction of sp³-hybridized carbons (Fsp3) is 0.111. The van der Waals surface area contributed by atoms with E-state index in [0.717, 1.165) is 0 Å². The van der Waals surface area contributed by atoms with Gasteiger partial charge >= 0.3 is 0 Å². The van der Waals surface area contributed by atoms with Crippen LogP contribution in [0.5, 0.6) is 0 Å². The molecule has 0 atom stereocenters. The predicted octanol–water partition coefficient (Wildman–Crippen LogP) is 3.62. The van der Waals surface area contributed by atoms with Crippen molar-refractivity contribution in [3.8, 4) is 0 Å². The monoisotopic (exact) mass is 360 g/mol. The number of aromatic nitrogens is 1. The Kier molecular flexibility index (Phi) is 3.73. The molecule has 0 spiro atoms. The molecule has 4 nitrogen and oxygen atoms in total. The first-order chi connectivity index (χ1) is 12.1. The third-order valence-corrected chi connectivity index (χ3v) is 4.86. The van der Waals surface area contributed by atoms with E-state index in [9.17, 15) is 18.4 Å². The third-order valence-electron chi connectivity index (χ3n) is 4.18. The lowest BCUT2D eigenvalue weighted by Crippen LogP contribution is -2.22. The van der Waals surface area contributed by atoms with E-state index in [0.29, 0.717) is 22.0 Å². The first kappa shape index (κ1) is 15.7. The van der Waals surface area contributed by atoms with Crippen LogP contribution in [0.25, 0.3) is 22.0 Å². The summed E-state index contributed by atoms with van der Waals surface area (Å²) in [5.41, 5.74) is 2.11. The number of hydrogen-bond acceptors (Lipinski definition) is 3. The average molecular weight is 360 g/mol. The van der Waals surface area contributed by atoms with Crippen molar-refractivity contribution in [3.63, 3.8) is 0 Å². The van der Waals surface area contributed by atoms with Gasteiger partial charge in [0, 0.05) is 24.1 Å². The van der Waals surface area contributed by atoms with Crippen LogP contribution >= 0.6 is 11.3 Å². The maximum absolute atomic E-state index is 13.8. The average Bonchev–Trinajstić information content (AvgIpc) is 3.26. The van der Waals surface area contributed by atoms with E-state index in [2.05, 4.69) is 5.32 Å². The number of carbonyl (C=O) groups is 2. The molecule has 4 rings (SSSR count). The van der Waals surface area contributed by atoms with Crippen molar-refractivity contribution in [3.05, 3.63) is 58.2 Å². The predicted molar refractivity (Wildman–Crippen MR) is 94.3 cm³/mol. The molecule has 3 heterocycles. The molecule has 1 aromatic carbocycles. The first-order valence-corrected chi connectivity index (χ1v) is 8.51. The van der Waals surface area contributed by atoms with E-state index in [4.69, 9.17) is 0 Å². The van der Waals surface area contributed by atoms with Gasteiger partial charge in [-0.1, -0.05) is 0 Å². The van der Waals surface area contributed by atoms with Gasteiger partial charge in [0.05, 0.1) is 17.7 Å². The molecule has 3 aromatic rings. The largest absolute Gasteiger partial charge is 0.344 e. The van der Waals surface area contributed by atoms with Crippen molar-refractivity contribution in [2.24, 2.45) is 0 Å². The SMILES string of the molecule is O=C1NC(=O)C(c2cn(CCF)c3ccc(F)cc23)=C1c1ccsc1.[HH]. The van der Waals surface area contributed by atoms with E-state index >= 15 is 0 Å². The van der Waals surface area contributed by atoms with Crippen LogP contribution in [0.2, 0.25) is 0 Å². The number of fused-ring (bicyclic) bond motifs is 1. The fourth-order valence-corrected chi connectivity index (χ4v) is 3.79. The zero-order valence-corrected chi connectivity index (χ0v) is 13.7. The molecule has 1 aliphatic heterocycles. The van der Waals surface area contributed by atoms with Crippen LogP contribution in [0.4, 0.5) is 8.78 Å². The topological polar surface area (TPSA) is 51.1 Å². The number of carbonyl (C=O) groups excluding carboxylic acids is 2. The molecular formula is C18H14F2N2O2S. The number of thiophene rings is 1. The lowest BCUT2D eigenvalue weighted by Gasteiger charge is -2.01. The summed E-state index contributed by atoms with van der Waals surface area (Å²) >= 11 is 1.41. The Morgan fingerprint density at radius 3 is 2.68 bits per heavy atom. The van der Waals surface area contributed by atoms with Crippen LogP contribution < -0.4 is 5.32 Å². The maximum Gasteiger partial charge on any atom is 0.259 e. The van der Waals surface area contributed by atoms with E-state index in [-0.39, 0.29) is 19.1 Å². The Morgan fingerprint density at radius 1 is 1.16 bits per heavy atom. The first-order valence-electron chi connectivity index (χ1n) is 7.57. The quantitative estimate of drug-likeness (QED) is 0.723. The Bertz CT molecular complexity index is 1040. The summed E-state index contributed by atoms with van der Waals surface area (Å²) in [4.78, 5) is 24.7. The number of halogens is 2. The van der Waals surface area contributed by atoms with E-state index in [1.807, 2.05) is 5.38 Å². The highest BCUT2D eigenvalue weighted by atomic mass is 32.1. The minimum Gasteiger partial charge on any atom is -0.344 e. The number of alkyl halides is 1. The standard InChI is InChI=1S/C18H12F2N2O2S.H2/c19-4-5-22-8-13(12-7-11(20)1-2-14(12)22)16-15(10-3-6-25-9-10)17(23)21-18(16)24;/h1-3,6-9H,4-5H2,(H,21,23,24);1H. The van der Waals surface area contributed by atoms with E-state index in [1.54, 1.807) is 28.3 Å². The van der Waals surface area contributed by atoms with Gasteiger partial charge in [-0.25, -0.2) is 8.78 Å². The van der Waals surface area contributed by atoms with Crippen molar-refractivity contribution in [2.45, 2.75) is 6.54 Å². The summed E-state index contributed by atoms with van der Waals surface area (Å²) in [5, 5.41) is 6.35. The van der Waals surface area contributed by atoms with E-state index in [1.165, 1.54) is 23.5 Å². The zero-order valence-electron chi connectivity index (χ0n) is 12.9. The molecule has 1 N–H and O–H groups in total. The molecule has 25 heavy (non-hydrogen) atoms. The number of hydrogen-bond donors (Lipinski definition) is 1. The van der Waals surface area contributed by atoms with Gasteiger partial charge in [0.15, 0.2) is 0 Å². The summed E-state index contributed by atoms with van der Waals surface area (Å²) in [7, 11) is 0. The van der Waals surface area contributed by atoms with Gasteiger partial charge < -0.3 is 4.57 Å². The molecule has 7 heteroatoms. The molecule has 1 aliphatic rings. The van der Waals surface area contributed by atoms with Gasteiger partial charge in [0.25, 0.3) is 11.8 Å². The molecule has 2 aromatic heterocycles. The molecule has 0 radical (unpaired) electrons. The van der Waals surface area contributed by atoms with E-state index < -0.39 is 24.3 Å². The number of benzene rings is 1. The molecule has 0 saturated heterocycles. The fourth-order valence-electron chi connectivity index (χ4n) is 3.14. The second-order valence-electron chi connectivity index (χ2n) is 5.63. The molecule has 2 amide bonds. The smallest absolute Gasteiger partial charge is 0.259 e. The van der Waals surface area contributed by atoms with Gasteiger partial charge in [-0.05, 0) is 40.6 Å². The number of imide groups is 1. The third kappa shape index (κ3) is 2.47. The van der Waals surface area contributed by atoms with Crippen LogP contribution in [0, 0.1) is 5.82 Å². The molecular weight excluding hydrogens is 346 g/mol. The molecule has 128 valence electrons. The number of nitrogens with zero attached hydrogens (tertiary/aromatic N) is 1. The summed E-state index contributed by atoms with van der Waals surface area (Å²) in [6, 6.07) is 5.88. The highest BCUT2D eigenvalue weighted by Crippen LogP contribution is 2.36. The normalized spacial score (nSPS) is 14.6. The highest BCUT2D eigenvalue weighted by Gasteiger charge is 2.34. The molecule has 0 aliphatic carbocycles. The Hall–Kier alpha value is -2.80. The molecule has 0 fully saturated rings. The molecule has 0 unspecified atom stereocenters. The Labute approximate surface area is 146 Å². The summed E-state index contributed by atoms with van der Waals surface area (Å²) in [5.74, 6) is -1.48. The van der Waals surface area contributed by atoms with Gasteiger partial charge in [0.2, 0.25) is 0 Å². The van der Waals surface area contributed by atoms with Gasteiger partial charge in [-0.2, -0.15) is 11.3 Å². The van der Waals surface area contributed by atoms with Crippen LogP contribution in [0.1, 0.15) is 12.6 Å². The lowest BCUT2D eigenvalue weighted by molar-refractivity contribution is -0.122. The minimum absolute atomic E-state index is 0. The van der Waals surface area contributed by atoms with Crippen molar-refractivity contribution >= 4 is 45.2 Å². The summed E-state index contributed by atoms with van der Waals surface area (Å²) in [6.07, 6.45) is 1.60. The van der Waals surface area contributed by atoms with Crippen LogP contribution in [0.15, 0.2) is 41.2 Å². The minimum atomic E-state index is -0.595. The number of aryl methyl sites for hydroxylation is 1. The number of rotatable bonds is 4. The summed E-state index contributed by atoms with van der Waals surface area (Å²) in [6.45, 7) is -0.513. The highest BCUT2D eigenvalue weighted by molar-refractivity contribution is 7.08. The second-order valence-corrected chi connectivity index (χ2v) is 6.41. The number of amides is 2. The van der Waals surface area contributed by atoms with Crippen molar-refractivity contribution in [1.29, 1.82) is 0 Å². The maximum atomic E-state index is 13.8.